The van der Waals surface area contributed by atoms with E-state index in [2.05, 4.69) is 10.6 Å². The molecule has 3 aromatic carbocycles. The topological polar surface area (TPSA) is 84.2 Å². The average molecular weight is 359 g/mol. The summed E-state index contributed by atoms with van der Waals surface area (Å²) in [5.74, 6) is -0.176. The summed E-state index contributed by atoms with van der Waals surface area (Å²) in [6.07, 6.45) is 0.692. The number of hydrogen-bond acceptors (Lipinski definition) is 2. The largest absolute Gasteiger partial charge is 0.351 e. The van der Waals surface area contributed by atoms with Gasteiger partial charge in [-0.1, -0.05) is 60.7 Å². The number of carbonyl (C=O) groups excluding carboxylic acids is 2. The van der Waals surface area contributed by atoms with E-state index in [1.165, 1.54) is 0 Å². The molecule has 3 aromatic rings. The van der Waals surface area contributed by atoms with Crippen molar-refractivity contribution in [1.82, 2.24) is 5.32 Å². The zero-order chi connectivity index (χ0) is 19.1. The first-order valence-electron chi connectivity index (χ1n) is 8.68. The molecule has 5 nitrogen and oxygen atoms in total. The van der Waals surface area contributed by atoms with E-state index in [4.69, 9.17) is 5.73 Å². The summed E-state index contributed by atoms with van der Waals surface area (Å²) in [6, 6.07) is 25.8. The molecule has 0 radical (unpaired) electrons. The van der Waals surface area contributed by atoms with Gasteiger partial charge in [-0.15, -0.1) is 0 Å². The molecule has 27 heavy (non-hydrogen) atoms. The molecule has 1 atom stereocenters. The summed E-state index contributed by atoms with van der Waals surface area (Å²) < 4.78 is 0. The molecule has 0 heterocycles. The minimum atomic E-state index is -0.640. The van der Waals surface area contributed by atoms with Gasteiger partial charge in [0.1, 0.15) is 0 Å². The van der Waals surface area contributed by atoms with Gasteiger partial charge in [-0.2, -0.15) is 0 Å². The predicted molar refractivity (Wildman–Crippen MR) is 106 cm³/mol. The maximum absolute atomic E-state index is 12.7. The standard InChI is InChI=1S/C22H21N3O2/c23-22(27)24-19-13-11-18(12-14-19)21(26)25-20(17-9-5-2-6-10-17)15-16-7-3-1-4-8-16/h1-14,20H,15H2,(H,25,26)(H3,23,24,27). The smallest absolute Gasteiger partial charge is 0.316 e. The van der Waals surface area contributed by atoms with Crippen molar-refractivity contribution in [3.05, 3.63) is 102 Å². The fourth-order valence-electron chi connectivity index (χ4n) is 2.88. The molecule has 0 bridgehead atoms. The van der Waals surface area contributed by atoms with Crippen LogP contribution in [0.2, 0.25) is 0 Å². The van der Waals surface area contributed by atoms with Crippen LogP contribution in [0.25, 0.3) is 0 Å². The number of amides is 3. The van der Waals surface area contributed by atoms with E-state index in [0.29, 0.717) is 17.7 Å². The second-order valence-corrected chi connectivity index (χ2v) is 6.19. The number of nitrogens with two attached hydrogens (primary N) is 1. The quantitative estimate of drug-likeness (QED) is 0.624. The van der Waals surface area contributed by atoms with E-state index in [9.17, 15) is 9.59 Å². The van der Waals surface area contributed by atoms with E-state index >= 15 is 0 Å². The van der Waals surface area contributed by atoms with E-state index in [0.717, 1.165) is 11.1 Å². The molecule has 0 spiro atoms. The molecule has 1 unspecified atom stereocenters. The van der Waals surface area contributed by atoms with Crippen LogP contribution in [0.3, 0.4) is 0 Å². The zero-order valence-corrected chi connectivity index (χ0v) is 14.8. The van der Waals surface area contributed by atoms with Crippen LogP contribution in [-0.2, 0) is 6.42 Å². The lowest BCUT2D eigenvalue weighted by Crippen LogP contribution is -2.30. The molecule has 3 amide bonds. The fourth-order valence-corrected chi connectivity index (χ4v) is 2.88. The van der Waals surface area contributed by atoms with Gasteiger partial charge >= 0.3 is 6.03 Å². The number of rotatable bonds is 6. The average Bonchev–Trinajstić information content (AvgIpc) is 2.69. The highest BCUT2D eigenvalue weighted by Gasteiger charge is 2.16. The third kappa shape index (κ3) is 5.19. The van der Waals surface area contributed by atoms with Gasteiger partial charge in [-0.3, -0.25) is 4.79 Å². The van der Waals surface area contributed by atoms with E-state index < -0.39 is 6.03 Å². The maximum atomic E-state index is 12.7. The van der Waals surface area contributed by atoms with Crippen molar-refractivity contribution in [3.8, 4) is 0 Å². The molecular weight excluding hydrogens is 338 g/mol. The van der Waals surface area contributed by atoms with Crippen LogP contribution >= 0.6 is 0 Å². The van der Waals surface area contributed by atoms with Gasteiger partial charge in [-0.25, -0.2) is 4.79 Å². The Morgan fingerprint density at radius 3 is 2.00 bits per heavy atom. The molecule has 5 heteroatoms. The van der Waals surface area contributed by atoms with Gasteiger partial charge in [0.2, 0.25) is 0 Å². The highest BCUT2D eigenvalue weighted by molar-refractivity contribution is 5.95. The molecule has 4 N–H and O–H groups in total. The lowest BCUT2D eigenvalue weighted by atomic mass is 9.98. The maximum Gasteiger partial charge on any atom is 0.316 e. The number of carbonyl (C=O) groups is 2. The molecular formula is C22H21N3O2. The van der Waals surface area contributed by atoms with Crippen molar-refractivity contribution in [2.75, 3.05) is 5.32 Å². The SMILES string of the molecule is NC(=O)Nc1ccc(C(=O)NC(Cc2ccccc2)c2ccccc2)cc1. The number of benzene rings is 3. The van der Waals surface area contributed by atoms with Crippen molar-refractivity contribution in [2.45, 2.75) is 12.5 Å². The lowest BCUT2D eigenvalue weighted by molar-refractivity contribution is 0.0936. The van der Waals surface area contributed by atoms with E-state index in [1.807, 2.05) is 60.7 Å². The number of nitrogens with one attached hydrogen (secondary N) is 2. The van der Waals surface area contributed by atoms with Crippen molar-refractivity contribution in [2.24, 2.45) is 5.73 Å². The van der Waals surface area contributed by atoms with Gasteiger partial charge in [0, 0.05) is 11.3 Å². The second-order valence-electron chi connectivity index (χ2n) is 6.19. The summed E-state index contributed by atoms with van der Waals surface area (Å²) >= 11 is 0. The molecule has 0 fully saturated rings. The van der Waals surface area contributed by atoms with Crippen LogP contribution in [0.15, 0.2) is 84.9 Å². The monoisotopic (exact) mass is 359 g/mol. The number of urea groups is 1. The van der Waals surface area contributed by atoms with Crippen molar-refractivity contribution in [3.63, 3.8) is 0 Å². The summed E-state index contributed by atoms with van der Waals surface area (Å²) in [4.78, 5) is 23.6. The van der Waals surface area contributed by atoms with Gasteiger partial charge in [0.25, 0.3) is 5.91 Å². The molecule has 3 rings (SSSR count). The van der Waals surface area contributed by atoms with Crippen molar-refractivity contribution in [1.29, 1.82) is 0 Å². The third-order valence-corrected chi connectivity index (χ3v) is 4.20. The van der Waals surface area contributed by atoms with E-state index in [-0.39, 0.29) is 11.9 Å². The van der Waals surface area contributed by atoms with Gasteiger partial charge in [0.05, 0.1) is 6.04 Å². The van der Waals surface area contributed by atoms with Crippen LogP contribution in [0.4, 0.5) is 10.5 Å². The Kier molecular flexibility index (Phi) is 5.84. The first-order valence-corrected chi connectivity index (χ1v) is 8.68. The molecule has 0 aliphatic heterocycles. The Labute approximate surface area is 158 Å². The summed E-state index contributed by atoms with van der Waals surface area (Å²) in [6.45, 7) is 0. The third-order valence-electron chi connectivity index (χ3n) is 4.20. The summed E-state index contributed by atoms with van der Waals surface area (Å²) in [5.41, 5.74) is 8.34. The van der Waals surface area contributed by atoms with Crippen LogP contribution in [0.5, 0.6) is 0 Å². The molecule has 0 saturated carbocycles. The summed E-state index contributed by atoms with van der Waals surface area (Å²) in [5, 5.41) is 5.58. The molecule has 0 aliphatic carbocycles. The number of primary amides is 1. The lowest BCUT2D eigenvalue weighted by Gasteiger charge is -2.20. The van der Waals surface area contributed by atoms with Gasteiger partial charge in [0.15, 0.2) is 0 Å². The van der Waals surface area contributed by atoms with Crippen LogP contribution < -0.4 is 16.4 Å². The van der Waals surface area contributed by atoms with Gasteiger partial charge in [-0.05, 0) is 41.8 Å². The van der Waals surface area contributed by atoms with Crippen LogP contribution in [-0.4, -0.2) is 11.9 Å². The van der Waals surface area contributed by atoms with Crippen molar-refractivity contribution < 1.29 is 9.59 Å². The van der Waals surface area contributed by atoms with Crippen LogP contribution in [0, 0.1) is 0 Å². The first kappa shape index (κ1) is 18.2. The summed E-state index contributed by atoms with van der Waals surface area (Å²) in [7, 11) is 0. The normalized spacial score (nSPS) is 11.4. The number of hydrogen-bond donors (Lipinski definition) is 3. The number of anilines is 1. The zero-order valence-electron chi connectivity index (χ0n) is 14.8. The van der Waals surface area contributed by atoms with Gasteiger partial charge < -0.3 is 16.4 Å². The molecule has 0 aliphatic rings. The second kappa shape index (κ2) is 8.67. The Bertz CT molecular complexity index is 894. The van der Waals surface area contributed by atoms with E-state index in [1.54, 1.807) is 24.3 Å². The first-order chi connectivity index (χ1) is 13.1. The minimum absolute atomic E-state index is 0.149. The molecule has 0 saturated heterocycles. The Balaban J connectivity index is 1.77. The molecule has 0 aromatic heterocycles. The predicted octanol–water partition coefficient (Wildman–Crippen LogP) is 3.89. The fraction of sp³-hybridized carbons (Fsp3) is 0.0909. The molecule has 136 valence electrons. The van der Waals surface area contributed by atoms with Crippen LogP contribution in [0.1, 0.15) is 27.5 Å². The Hall–Kier alpha value is -3.60. The Morgan fingerprint density at radius 1 is 0.815 bits per heavy atom. The Morgan fingerprint density at radius 2 is 1.41 bits per heavy atom. The highest BCUT2D eigenvalue weighted by Crippen LogP contribution is 2.19. The van der Waals surface area contributed by atoms with Crippen molar-refractivity contribution >= 4 is 17.6 Å². The highest BCUT2D eigenvalue weighted by atomic mass is 16.2. The minimum Gasteiger partial charge on any atom is -0.351 e.